The van der Waals surface area contributed by atoms with Crippen LogP contribution in [-0.2, 0) is 4.79 Å². The summed E-state index contributed by atoms with van der Waals surface area (Å²) in [5.74, 6) is -0.129. The maximum Gasteiger partial charge on any atom is 0.343 e. The molecule has 4 rings (SSSR count). The molecular weight excluding hydrogens is 440 g/mol. The van der Waals surface area contributed by atoms with Gasteiger partial charge in [0.05, 0.1) is 11.8 Å². The number of nitrogens with one attached hydrogen (secondary N) is 1. The van der Waals surface area contributed by atoms with E-state index in [0.717, 1.165) is 10.8 Å². The highest BCUT2D eigenvalue weighted by Gasteiger charge is 2.13. The number of benzene rings is 4. The van der Waals surface area contributed by atoms with Crippen LogP contribution < -0.4 is 14.9 Å². The van der Waals surface area contributed by atoms with Crippen molar-refractivity contribution in [3.8, 4) is 11.5 Å². The summed E-state index contributed by atoms with van der Waals surface area (Å²) >= 11 is 5.91. The third-order valence-corrected chi connectivity index (χ3v) is 4.93. The first kappa shape index (κ1) is 22.0. The highest BCUT2D eigenvalue weighted by atomic mass is 35.5. The second-order valence-electron chi connectivity index (χ2n) is 6.99. The number of halogens is 1. The highest BCUT2D eigenvalue weighted by molar-refractivity contribution is 6.30. The molecule has 0 unspecified atom stereocenters. The van der Waals surface area contributed by atoms with Crippen LogP contribution in [-0.4, -0.2) is 24.7 Å². The molecule has 164 valence electrons. The Morgan fingerprint density at radius 2 is 1.70 bits per heavy atom. The van der Waals surface area contributed by atoms with Crippen LogP contribution in [0.1, 0.15) is 15.9 Å². The molecule has 4 aromatic carbocycles. The summed E-state index contributed by atoms with van der Waals surface area (Å²) in [6.45, 7) is -0.233. The molecule has 0 aliphatic carbocycles. The Morgan fingerprint density at radius 1 is 0.909 bits per heavy atom. The van der Waals surface area contributed by atoms with Crippen LogP contribution in [0, 0.1) is 0 Å². The fourth-order valence-corrected chi connectivity index (χ4v) is 3.32. The third kappa shape index (κ3) is 5.75. The monoisotopic (exact) mass is 458 g/mol. The first-order valence-corrected chi connectivity index (χ1v) is 10.5. The van der Waals surface area contributed by atoms with Gasteiger partial charge in [0.2, 0.25) is 0 Å². The fourth-order valence-electron chi connectivity index (χ4n) is 3.14. The summed E-state index contributed by atoms with van der Waals surface area (Å²) in [6, 6.07) is 26.6. The molecule has 0 aliphatic heterocycles. The van der Waals surface area contributed by atoms with Gasteiger partial charge in [0, 0.05) is 10.6 Å². The molecule has 0 saturated carbocycles. The predicted octanol–water partition coefficient (Wildman–Crippen LogP) is 5.24. The lowest BCUT2D eigenvalue weighted by atomic mass is 10.0. The molecule has 6 nitrogen and oxygen atoms in total. The van der Waals surface area contributed by atoms with E-state index in [-0.39, 0.29) is 6.61 Å². The van der Waals surface area contributed by atoms with Gasteiger partial charge in [-0.3, -0.25) is 4.79 Å². The van der Waals surface area contributed by atoms with Crippen molar-refractivity contribution >= 4 is 40.5 Å². The summed E-state index contributed by atoms with van der Waals surface area (Å²) < 4.78 is 11.0. The second-order valence-corrected chi connectivity index (χ2v) is 7.43. The van der Waals surface area contributed by atoms with Gasteiger partial charge >= 0.3 is 5.97 Å². The van der Waals surface area contributed by atoms with E-state index in [4.69, 9.17) is 21.1 Å². The SMILES string of the molecule is O=C(COc1cccc(Cl)c1)N/N=C/c1c(OC(=O)c2ccccc2)ccc2ccccc12. The summed E-state index contributed by atoms with van der Waals surface area (Å²) in [6.07, 6.45) is 1.45. The quantitative estimate of drug-likeness (QED) is 0.178. The number of carbonyl (C=O) groups is 2. The summed E-state index contributed by atoms with van der Waals surface area (Å²) in [5.41, 5.74) is 3.42. The molecule has 0 aromatic heterocycles. The van der Waals surface area contributed by atoms with Crippen molar-refractivity contribution in [2.75, 3.05) is 6.61 Å². The lowest BCUT2D eigenvalue weighted by Gasteiger charge is -2.10. The Bertz CT molecular complexity index is 1320. The zero-order valence-corrected chi connectivity index (χ0v) is 18.2. The lowest BCUT2D eigenvalue weighted by molar-refractivity contribution is -0.123. The first-order chi connectivity index (χ1) is 16.1. The highest BCUT2D eigenvalue weighted by Crippen LogP contribution is 2.27. The standard InChI is InChI=1S/C26H19ClN2O4/c27-20-10-6-11-21(15-20)32-17-25(30)29-28-16-23-22-12-5-4-7-18(22)13-14-24(23)33-26(31)19-8-2-1-3-9-19/h1-16H,17H2,(H,29,30)/b28-16+. The Morgan fingerprint density at radius 3 is 2.52 bits per heavy atom. The number of ether oxygens (including phenoxy) is 2. The van der Waals surface area contributed by atoms with Gasteiger partial charge in [-0.2, -0.15) is 5.10 Å². The minimum absolute atomic E-state index is 0.233. The van der Waals surface area contributed by atoms with E-state index in [1.165, 1.54) is 6.21 Å². The molecule has 0 atom stereocenters. The molecule has 0 radical (unpaired) electrons. The van der Waals surface area contributed by atoms with Crippen LogP contribution in [0.2, 0.25) is 5.02 Å². The minimum atomic E-state index is -0.487. The molecule has 1 N–H and O–H groups in total. The van der Waals surface area contributed by atoms with E-state index in [1.807, 2.05) is 36.4 Å². The normalized spacial score (nSPS) is 10.8. The van der Waals surface area contributed by atoms with Gasteiger partial charge in [-0.15, -0.1) is 0 Å². The van der Waals surface area contributed by atoms with Gasteiger partial charge in [0.25, 0.3) is 5.91 Å². The summed E-state index contributed by atoms with van der Waals surface area (Å²) in [5, 5.41) is 6.32. The summed E-state index contributed by atoms with van der Waals surface area (Å²) in [4.78, 5) is 24.7. The number of fused-ring (bicyclic) bond motifs is 1. The Labute approximate surface area is 195 Å². The molecule has 0 bridgehead atoms. The van der Waals surface area contributed by atoms with Crippen molar-refractivity contribution in [3.63, 3.8) is 0 Å². The number of nitrogens with zero attached hydrogens (tertiary/aromatic N) is 1. The zero-order chi connectivity index (χ0) is 23.0. The summed E-state index contributed by atoms with van der Waals surface area (Å²) in [7, 11) is 0. The molecule has 0 spiro atoms. The van der Waals surface area contributed by atoms with Crippen molar-refractivity contribution in [3.05, 3.63) is 107 Å². The Hall–Kier alpha value is -4.16. The van der Waals surface area contributed by atoms with E-state index >= 15 is 0 Å². The van der Waals surface area contributed by atoms with E-state index in [9.17, 15) is 9.59 Å². The number of hydrogen-bond acceptors (Lipinski definition) is 5. The van der Waals surface area contributed by atoms with E-state index < -0.39 is 11.9 Å². The average molecular weight is 459 g/mol. The fraction of sp³-hybridized carbons (Fsp3) is 0.0385. The zero-order valence-electron chi connectivity index (χ0n) is 17.4. The maximum atomic E-state index is 12.6. The Kier molecular flexibility index (Phi) is 6.97. The van der Waals surface area contributed by atoms with Crippen molar-refractivity contribution in [1.82, 2.24) is 5.43 Å². The Balaban J connectivity index is 1.50. The number of amides is 1. The largest absolute Gasteiger partial charge is 0.484 e. The van der Waals surface area contributed by atoms with Gasteiger partial charge in [0.15, 0.2) is 6.61 Å². The first-order valence-electron chi connectivity index (χ1n) is 10.1. The topological polar surface area (TPSA) is 77.0 Å². The van der Waals surface area contributed by atoms with E-state index in [0.29, 0.717) is 27.6 Å². The van der Waals surface area contributed by atoms with Gasteiger partial charge in [-0.1, -0.05) is 66.2 Å². The van der Waals surface area contributed by atoms with Crippen LogP contribution in [0.5, 0.6) is 11.5 Å². The average Bonchev–Trinajstić information content (AvgIpc) is 2.84. The smallest absolute Gasteiger partial charge is 0.343 e. The van der Waals surface area contributed by atoms with Gasteiger partial charge in [-0.25, -0.2) is 10.2 Å². The number of esters is 1. The van der Waals surface area contributed by atoms with Crippen LogP contribution in [0.4, 0.5) is 0 Å². The molecular formula is C26H19ClN2O4. The van der Waals surface area contributed by atoms with E-state index in [2.05, 4.69) is 10.5 Å². The molecule has 4 aromatic rings. The van der Waals surface area contributed by atoms with Crippen molar-refractivity contribution in [2.24, 2.45) is 5.10 Å². The van der Waals surface area contributed by atoms with Crippen LogP contribution >= 0.6 is 11.6 Å². The van der Waals surface area contributed by atoms with Crippen LogP contribution in [0.3, 0.4) is 0 Å². The second kappa shape index (κ2) is 10.4. The molecule has 33 heavy (non-hydrogen) atoms. The predicted molar refractivity (Wildman–Crippen MR) is 128 cm³/mol. The molecule has 0 heterocycles. The maximum absolute atomic E-state index is 12.6. The number of carbonyl (C=O) groups excluding carboxylic acids is 2. The molecule has 0 saturated heterocycles. The van der Waals surface area contributed by atoms with E-state index in [1.54, 1.807) is 54.6 Å². The van der Waals surface area contributed by atoms with Gasteiger partial charge < -0.3 is 9.47 Å². The van der Waals surface area contributed by atoms with Gasteiger partial charge in [0.1, 0.15) is 11.5 Å². The molecule has 1 amide bonds. The third-order valence-electron chi connectivity index (χ3n) is 4.69. The van der Waals surface area contributed by atoms with Crippen LogP contribution in [0.25, 0.3) is 10.8 Å². The number of hydrazone groups is 1. The van der Waals surface area contributed by atoms with Crippen molar-refractivity contribution < 1.29 is 19.1 Å². The minimum Gasteiger partial charge on any atom is -0.484 e. The number of hydrogen-bond donors (Lipinski definition) is 1. The molecule has 0 aliphatic rings. The van der Waals surface area contributed by atoms with Crippen LogP contribution in [0.15, 0.2) is 96.1 Å². The van der Waals surface area contributed by atoms with Crippen molar-refractivity contribution in [1.29, 1.82) is 0 Å². The number of rotatable bonds is 7. The molecule has 7 heteroatoms. The van der Waals surface area contributed by atoms with Gasteiger partial charge in [-0.05, 0) is 47.2 Å². The molecule has 0 fully saturated rings. The van der Waals surface area contributed by atoms with Crippen molar-refractivity contribution in [2.45, 2.75) is 0 Å². The lowest BCUT2D eigenvalue weighted by Crippen LogP contribution is -2.24.